The summed E-state index contributed by atoms with van der Waals surface area (Å²) in [4.78, 5) is 12.2. The van der Waals surface area contributed by atoms with Crippen LogP contribution in [0.5, 0.6) is 5.75 Å². The van der Waals surface area contributed by atoms with Crippen LogP contribution in [-0.4, -0.2) is 11.9 Å². The van der Waals surface area contributed by atoms with Gasteiger partial charge in [-0.25, -0.2) is 0 Å². The first-order chi connectivity index (χ1) is 9.62. The second-order valence-corrected chi connectivity index (χ2v) is 6.65. The summed E-state index contributed by atoms with van der Waals surface area (Å²) in [5.41, 5.74) is 0.850. The Morgan fingerprint density at radius 1 is 1.20 bits per heavy atom. The zero-order chi connectivity index (χ0) is 14.2. The highest BCUT2D eigenvalue weighted by Crippen LogP contribution is 2.49. The first kappa shape index (κ1) is 13.9. The number of halogens is 1. The fourth-order valence-electron chi connectivity index (χ4n) is 3.63. The van der Waals surface area contributed by atoms with Crippen LogP contribution in [0.15, 0.2) is 18.2 Å². The standard InChI is InChI=1S/C17H21ClO2/c1-12-10-13(18)6-7-14(12)20-16-11-15(19)17(16)8-4-2-3-5-9-17/h6-7,10,16H,2-5,8-9,11H2,1H3. The lowest BCUT2D eigenvalue weighted by Crippen LogP contribution is -2.56. The summed E-state index contributed by atoms with van der Waals surface area (Å²) in [7, 11) is 0. The van der Waals surface area contributed by atoms with Crippen molar-refractivity contribution in [2.24, 2.45) is 5.41 Å². The van der Waals surface area contributed by atoms with Gasteiger partial charge in [0.25, 0.3) is 0 Å². The van der Waals surface area contributed by atoms with E-state index >= 15 is 0 Å². The minimum absolute atomic E-state index is 0.0629. The molecule has 2 saturated carbocycles. The summed E-state index contributed by atoms with van der Waals surface area (Å²) >= 11 is 5.98. The van der Waals surface area contributed by atoms with E-state index in [9.17, 15) is 4.79 Å². The molecular weight excluding hydrogens is 272 g/mol. The number of carbonyl (C=O) groups excluding carboxylic acids is 1. The van der Waals surface area contributed by atoms with Crippen molar-refractivity contribution in [1.82, 2.24) is 0 Å². The lowest BCUT2D eigenvalue weighted by atomic mass is 9.60. The van der Waals surface area contributed by atoms with Gasteiger partial charge in [0.1, 0.15) is 17.6 Å². The van der Waals surface area contributed by atoms with Gasteiger partial charge in [0.05, 0.1) is 5.41 Å². The molecule has 3 heteroatoms. The third-order valence-corrected chi connectivity index (χ3v) is 5.18. The molecule has 3 rings (SSSR count). The monoisotopic (exact) mass is 292 g/mol. The smallest absolute Gasteiger partial charge is 0.146 e. The molecule has 0 amide bonds. The van der Waals surface area contributed by atoms with Crippen LogP contribution in [0.2, 0.25) is 5.02 Å². The Labute approximate surface area is 125 Å². The molecule has 1 spiro atoms. The molecule has 2 aliphatic carbocycles. The summed E-state index contributed by atoms with van der Waals surface area (Å²) in [6, 6.07) is 5.69. The lowest BCUT2D eigenvalue weighted by molar-refractivity contribution is -0.154. The van der Waals surface area contributed by atoms with Gasteiger partial charge < -0.3 is 4.74 Å². The molecule has 0 N–H and O–H groups in total. The van der Waals surface area contributed by atoms with Gasteiger partial charge in [0.2, 0.25) is 0 Å². The average Bonchev–Trinajstić information content (AvgIpc) is 2.69. The fourth-order valence-corrected chi connectivity index (χ4v) is 3.86. The molecule has 108 valence electrons. The maximum atomic E-state index is 12.2. The molecule has 0 saturated heterocycles. The predicted octanol–water partition coefficient (Wildman–Crippen LogP) is 4.71. The van der Waals surface area contributed by atoms with Crippen LogP contribution in [-0.2, 0) is 4.79 Å². The van der Waals surface area contributed by atoms with Crippen LogP contribution in [0.4, 0.5) is 0 Å². The molecule has 1 aromatic rings. The number of hydrogen-bond donors (Lipinski definition) is 0. The molecular formula is C17H21ClO2. The van der Waals surface area contributed by atoms with E-state index < -0.39 is 0 Å². The van der Waals surface area contributed by atoms with Crippen molar-refractivity contribution < 1.29 is 9.53 Å². The van der Waals surface area contributed by atoms with Gasteiger partial charge in [0, 0.05) is 11.4 Å². The summed E-state index contributed by atoms with van der Waals surface area (Å²) in [6.07, 6.45) is 7.46. The maximum absolute atomic E-state index is 12.2. The number of ether oxygens (including phenoxy) is 1. The van der Waals surface area contributed by atoms with E-state index in [1.165, 1.54) is 12.8 Å². The van der Waals surface area contributed by atoms with E-state index in [0.29, 0.717) is 12.2 Å². The topological polar surface area (TPSA) is 26.3 Å². The molecule has 20 heavy (non-hydrogen) atoms. The second-order valence-electron chi connectivity index (χ2n) is 6.21. The zero-order valence-corrected chi connectivity index (χ0v) is 12.7. The van der Waals surface area contributed by atoms with Gasteiger partial charge in [0.15, 0.2) is 0 Å². The van der Waals surface area contributed by atoms with Gasteiger partial charge in [-0.1, -0.05) is 37.3 Å². The number of aryl methyl sites for hydroxylation is 1. The molecule has 0 radical (unpaired) electrons. The summed E-state index contributed by atoms with van der Waals surface area (Å²) in [5, 5.41) is 0.726. The summed E-state index contributed by atoms with van der Waals surface area (Å²) < 4.78 is 6.18. The van der Waals surface area contributed by atoms with E-state index in [1.807, 2.05) is 25.1 Å². The Balaban J connectivity index is 1.78. The van der Waals surface area contributed by atoms with Crippen LogP contribution >= 0.6 is 11.6 Å². The number of carbonyl (C=O) groups is 1. The van der Waals surface area contributed by atoms with E-state index in [1.54, 1.807) is 0 Å². The van der Waals surface area contributed by atoms with Crippen molar-refractivity contribution >= 4 is 17.4 Å². The van der Waals surface area contributed by atoms with Crippen molar-refractivity contribution in [2.75, 3.05) is 0 Å². The van der Waals surface area contributed by atoms with Gasteiger partial charge in [-0.3, -0.25) is 4.79 Å². The summed E-state index contributed by atoms with van der Waals surface area (Å²) in [6.45, 7) is 2.00. The van der Waals surface area contributed by atoms with Crippen molar-refractivity contribution in [2.45, 2.75) is 58.0 Å². The Hall–Kier alpha value is -1.02. The molecule has 1 aromatic carbocycles. The van der Waals surface area contributed by atoms with Gasteiger partial charge in [-0.15, -0.1) is 0 Å². The number of Topliss-reactive ketones (excluding diaryl/α,β-unsaturated/α-hetero) is 1. The van der Waals surface area contributed by atoms with E-state index in [4.69, 9.17) is 16.3 Å². The second kappa shape index (κ2) is 5.40. The van der Waals surface area contributed by atoms with Crippen molar-refractivity contribution in [1.29, 1.82) is 0 Å². The Kier molecular flexibility index (Phi) is 3.76. The lowest BCUT2D eigenvalue weighted by Gasteiger charge is -2.47. The van der Waals surface area contributed by atoms with E-state index in [-0.39, 0.29) is 11.5 Å². The summed E-state index contributed by atoms with van der Waals surface area (Å²) in [5.74, 6) is 1.28. The highest BCUT2D eigenvalue weighted by atomic mass is 35.5. The normalized spacial score (nSPS) is 25.1. The number of benzene rings is 1. The van der Waals surface area contributed by atoms with E-state index in [2.05, 4.69) is 0 Å². The Bertz CT molecular complexity index is 516. The quantitative estimate of drug-likeness (QED) is 0.789. The van der Waals surface area contributed by atoms with Crippen LogP contribution < -0.4 is 4.74 Å². The van der Waals surface area contributed by atoms with Crippen molar-refractivity contribution in [3.05, 3.63) is 28.8 Å². The fraction of sp³-hybridized carbons (Fsp3) is 0.588. The van der Waals surface area contributed by atoms with Crippen LogP contribution in [0.1, 0.15) is 50.5 Å². The Morgan fingerprint density at radius 3 is 2.50 bits per heavy atom. The first-order valence-corrected chi connectivity index (χ1v) is 7.96. The molecule has 2 nitrogen and oxygen atoms in total. The maximum Gasteiger partial charge on any atom is 0.146 e. The molecule has 0 aromatic heterocycles. The molecule has 0 aliphatic heterocycles. The number of hydrogen-bond acceptors (Lipinski definition) is 2. The van der Waals surface area contributed by atoms with Crippen LogP contribution in [0, 0.1) is 12.3 Å². The molecule has 1 unspecified atom stereocenters. The third kappa shape index (κ3) is 2.35. The average molecular weight is 293 g/mol. The SMILES string of the molecule is Cc1cc(Cl)ccc1OC1CC(=O)C12CCCCCC2. The minimum Gasteiger partial charge on any atom is -0.489 e. The molecule has 0 bridgehead atoms. The molecule has 0 heterocycles. The van der Waals surface area contributed by atoms with Gasteiger partial charge >= 0.3 is 0 Å². The number of ketones is 1. The molecule has 2 fully saturated rings. The van der Waals surface area contributed by atoms with E-state index in [0.717, 1.165) is 42.0 Å². The first-order valence-electron chi connectivity index (χ1n) is 7.58. The zero-order valence-electron chi connectivity index (χ0n) is 12.0. The molecule has 1 atom stereocenters. The van der Waals surface area contributed by atoms with Crippen LogP contribution in [0.3, 0.4) is 0 Å². The number of rotatable bonds is 2. The van der Waals surface area contributed by atoms with Gasteiger partial charge in [-0.05, 0) is 43.5 Å². The highest BCUT2D eigenvalue weighted by Gasteiger charge is 2.55. The third-order valence-electron chi connectivity index (χ3n) is 4.94. The highest BCUT2D eigenvalue weighted by molar-refractivity contribution is 6.30. The van der Waals surface area contributed by atoms with Crippen molar-refractivity contribution in [3.63, 3.8) is 0 Å². The predicted molar refractivity (Wildman–Crippen MR) is 80.4 cm³/mol. The minimum atomic E-state index is -0.192. The molecule has 2 aliphatic rings. The van der Waals surface area contributed by atoms with Gasteiger partial charge in [-0.2, -0.15) is 0 Å². The largest absolute Gasteiger partial charge is 0.489 e. The van der Waals surface area contributed by atoms with Crippen molar-refractivity contribution in [3.8, 4) is 5.75 Å². The van der Waals surface area contributed by atoms with Crippen LogP contribution in [0.25, 0.3) is 0 Å². The Morgan fingerprint density at radius 2 is 1.90 bits per heavy atom.